The Morgan fingerprint density at radius 2 is 1.76 bits per heavy atom. The third-order valence-electron chi connectivity index (χ3n) is 5.93. The highest BCUT2D eigenvalue weighted by Crippen LogP contribution is 2.43. The molecule has 0 aliphatic carbocycles. The highest BCUT2D eigenvalue weighted by molar-refractivity contribution is 6.51. The van der Waals surface area contributed by atoms with Gasteiger partial charge in [0.2, 0.25) is 0 Å². The average Bonchev–Trinajstić information content (AvgIpc) is 3.09. The number of aliphatic hydroxyl groups excluding tert-OH is 1. The Morgan fingerprint density at radius 3 is 2.35 bits per heavy atom. The number of anilines is 2. The number of Topliss-reactive ketones (excluding diaryl/α,β-unsaturated/α-hetero) is 1. The van der Waals surface area contributed by atoms with E-state index in [-0.39, 0.29) is 11.3 Å². The molecular formula is C27H27N3O4. The Labute approximate surface area is 198 Å². The number of rotatable bonds is 5. The molecule has 1 aromatic heterocycles. The second kappa shape index (κ2) is 9.02. The van der Waals surface area contributed by atoms with Crippen molar-refractivity contribution in [2.45, 2.75) is 19.9 Å². The third kappa shape index (κ3) is 3.90. The summed E-state index contributed by atoms with van der Waals surface area (Å²) in [6.45, 7) is 3.76. The molecule has 1 aliphatic heterocycles. The molecule has 1 aliphatic rings. The van der Waals surface area contributed by atoms with E-state index in [1.165, 1.54) is 12.0 Å². The van der Waals surface area contributed by atoms with Crippen LogP contribution in [0.1, 0.15) is 28.4 Å². The van der Waals surface area contributed by atoms with Crippen molar-refractivity contribution in [1.29, 1.82) is 0 Å². The van der Waals surface area contributed by atoms with E-state index >= 15 is 0 Å². The van der Waals surface area contributed by atoms with Gasteiger partial charge in [0.1, 0.15) is 17.6 Å². The highest BCUT2D eigenvalue weighted by atomic mass is 16.5. The first-order valence-electron chi connectivity index (χ1n) is 10.9. The van der Waals surface area contributed by atoms with Crippen molar-refractivity contribution in [3.8, 4) is 5.75 Å². The summed E-state index contributed by atoms with van der Waals surface area (Å²) in [7, 11) is 5.36. The van der Waals surface area contributed by atoms with Crippen molar-refractivity contribution < 1.29 is 19.4 Å². The maximum absolute atomic E-state index is 13.3. The lowest BCUT2D eigenvalue weighted by Gasteiger charge is -2.25. The zero-order valence-electron chi connectivity index (χ0n) is 19.9. The van der Waals surface area contributed by atoms with Crippen LogP contribution in [0.3, 0.4) is 0 Å². The smallest absolute Gasteiger partial charge is 0.300 e. The Morgan fingerprint density at radius 1 is 1.06 bits per heavy atom. The van der Waals surface area contributed by atoms with Gasteiger partial charge in [0.05, 0.1) is 23.9 Å². The van der Waals surface area contributed by atoms with Crippen LogP contribution < -0.4 is 14.5 Å². The molecule has 1 amide bonds. The lowest BCUT2D eigenvalue weighted by molar-refractivity contribution is -0.132. The molecule has 2 heterocycles. The Bertz CT molecular complexity index is 1280. The first kappa shape index (κ1) is 23.0. The molecule has 0 spiro atoms. The zero-order chi connectivity index (χ0) is 24.6. The van der Waals surface area contributed by atoms with Gasteiger partial charge in [-0.25, -0.2) is 0 Å². The van der Waals surface area contributed by atoms with Crippen molar-refractivity contribution in [1.82, 2.24) is 4.98 Å². The zero-order valence-corrected chi connectivity index (χ0v) is 19.9. The summed E-state index contributed by atoms with van der Waals surface area (Å²) >= 11 is 0. The summed E-state index contributed by atoms with van der Waals surface area (Å²) in [5, 5.41) is 11.4. The number of methoxy groups -OCH3 is 1. The van der Waals surface area contributed by atoms with Crippen molar-refractivity contribution >= 4 is 28.8 Å². The van der Waals surface area contributed by atoms with Gasteiger partial charge in [-0.05, 0) is 67.4 Å². The molecule has 0 saturated carbocycles. The molecule has 0 radical (unpaired) electrons. The highest BCUT2D eigenvalue weighted by Gasteiger charge is 2.47. The molecule has 2 aromatic carbocycles. The number of ketones is 1. The number of hydrogen-bond donors (Lipinski definition) is 1. The normalized spacial score (nSPS) is 17.2. The molecule has 3 aromatic rings. The van der Waals surface area contributed by atoms with E-state index in [2.05, 4.69) is 4.98 Å². The van der Waals surface area contributed by atoms with E-state index in [9.17, 15) is 14.7 Å². The lowest BCUT2D eigenvalue weighted by atomic mass is 9.95. The molecule has 7 heteroatoms. The van der Waals surface area contributed by atoms with E-state index < -0.39 is 17.7 Å². The number of carbonyl (C=O) groups is 2. The summed E-state index contributed by atoms with van der Waals surface area (Å²) in [6.07, 6.45) is 1.60. The second-order valence-corrected chi connectivity index (χ2v) is 8.50. The monoisotopic (exact) mass is 457 g/mol. The van der Waals surface area contributed by atoms with Crippen molar-refractivity contribution in [2.24, 2.45) is 0 Å². The largest absolute Gasteiger partial charge is 0.507 e. The van der Waals surface area contributed by atoms with E-state index in [0.29, 0.717) is 22.7 Å². The van der Waals surface area contributed by atoms with E-state index in [1.54, 1.807) is 42.6 Å². The first-order valence-corrected chi connectivity index (χ1v) is 10.9. The molecule has 34 heavy (non-hydrogen) atoms. The van der Waals surface area contributed by atoms with Gasteiger partial charge in [-0.2, -0.15) is 0 Å². The van der Waals surface area contributed by atoms with E-state index in [0.717, 1.165) is 16.8 Å². The number of nitrogens with zero attached hydrogens (tertiary/aromatic N) is 3. The molecular weight excluding hydrogens is 430 g/mol. The van der Waals surface area contributed by atoms with Crippen LogP contribution in [0.15, 0.2) is 66.4 Å². The number of carbonyl (C=O) groups excluding carboxylic acids is 2. The van der Waals surface area contributed by atoms with Crippen LogP contribution in [0.5, 0.6) is 5.75 Å². The number of aromatic nitrogens is 1. The molecule has 1 fully saturated rings. The van der Waals surface area contributed by atoms with Crippen LogP contribution in [0.25, 0.3) is 5.76 Å². The second-order valence-electron chi connectivity index (χ2n) is 8.50. The van der Waals surface area contributed by atoms with E-state index in [1.807, 2.05) is 51.0 Å². The quantitative estimate of drug-likeness (QED) is 0.347. The maximum atomic E-state index is 13.3. The van der Waals surface area contributed by atoms with Gasteiger partial charge < -0.3 is 14.7 Å². The summed E-state index contributed by atoms with van der Waals surface area (Å²) in [5.41, 5.74) is 4.01. The van der Waals surface area contributed by atoms with Gasteiger partial charge in [-0.1, -0.05) is 12.1 Å². The molecule has 1 unspecified atom stereocenters. The van der Waals surface area contributed by atoms with Crippen LogP contribution >= 0.6 is 0 Å². The fourth-order valence-corrected chi connectivity index (χ4v) is 4.37. The van der Waals surface area contributed by atoms with Crippen LogP contribution in [0, 0.1) is 13.8 Å². The van der Waals surface area contributed by atoms with Crippen LogP contribution in [0.2, 0.25) is 0 Å². The number of benzene rings is 2. The molecule has 7 nitrogen and oxygen atoms in total. The minimum atomic E-state index is -0.892. The fraction of sp³-hybridized carbons (Fsp3) is 0.222. The fourth-order valence-electron chi connectivity index (χ4n) is 4.37. The van der Waals surface area contributed by atoms with Gasteiger partial charge in [-0.3, -0.25) is 19.5 Å². The Hall–Kier alpha value is -4.13. The number of hydrogen-bond acceptors (Lipinski definition) is 6. The lowest BCUT2D eigenvalue weighted by Crippen LogP contribution is -2.29. The molecule has 1 saturated heterocycles. The predicted octanol–water partition coefficient (Wildman–Crippen LogP) is 4.40. The maximum Gasteiger partial charge on any atom is 0.300 e. The van der Waals surface area contributed by atoms with Gasteiger partial charge in [-0.15, -0.1) is 0 Å². The Kier molecular flexibility index (Phi) is 6.11. The third-order valence-corrected chi connectivity index (χ3v) is 5.93. The number of pyridine rings is 1. The first-order chi connectivity index (χ1) is 16.2. The average molecular weight is 458 g/mol. The van der Waals surface area contributed by atoms with Gasteiger partial charge >= 0.3 is 0 Å². The molecule has 0 bridgehead atoms. The van der Waals surface area contributed by atoms with Crippen LogP contribution in [-0.4, -0.2) is 43.0 Å². The number of amides is 1. The van der Waals surface area contributed by atoms with Crippen molar-refractivity contribution in [2.75, 3.05) is 31.0 Å². The van der Waals surface area contributed by atoms with E-state index in [4.69, 9.17) is 4.74 Å². The summed E-state index contributed by atoms with van der Waals surface area (Å²) in [5.74, 6) is -1.33. The van der Waals surface area contributed by atoms with Gasteiger partial charge in [0, 0.05) is 31.7 Å². The predicted molar refractivity (Wildman–Crippen MR) is 132 cm³/mol. The molecule has 1 atom stereocenters. The van der Waals surface area contributed by atoms with Crippen molar-refractivity contribution in [3.63, 3.8) is 0 Å². The van der Waals surface area contributed by atoms with Gasteiger partial charge in [0.25, 0.3) is 11.7 Å². The standard InChI is InChI=1S/C27H27N3O4/c1-16-14-17(2)26(34-5)20(15-16)24(31)22-23(21-8-6-7-13-28-21)30(27(33)25(22)32)19-11-9-18(10-12-19)29(3)4/h6-15,23,31H,1-5H3/b24-22+. The summed E-state index contributed by atoms with van der Waals surface area (Å²) in [6, 6.07) is 15.4. The molecule has 4 rings (SSSR count). The summed E-state index contributed by atoms with van der Waals surface area (Å²) in [4.78, 5) is 34.4. The SMILES string of the molecule is COc1c(C)cc(C)cc1/C(O)=C1\C(=O)C(=O)N(c2ccc(N(C)C)cc2)C1c1ccccn1. The minimum Gasteiger partial charge on any atom is -0.507 e. The Balaban J connectivity index is 1.96. The van der Waals surface area contributed by atoms with Crippen LogP contribution in [0.4, 0.5) is 11.4 Å². The molecule has 174 valence electrons. The van der Waals surface area contributed by atoms with Crippen molar-refractivity contribution in [3.05, 3.63) is 88.8 Å². The number of aryl methyl sites for hydroxylation is 2. The number of ether oxygens (including phenoxy) is 1. The minimum absolute atomic E-state index is 0.0244. The molecule has 1 N–H and O–H groups in total. The van der Waals surface area contributed by atoms with Crippen LogP contribution in [-0.2, 0) is 9.59 Å². The number of aliphatic hydroxyl groups is 1. The summed E-state index contributed by atoms with van der Waals surface area (Å²) < 4.78 is 5.54. The topological polar surface area (TPSA) is 83.0 Å². The van der Waals surface area contributed by atoms with Gasteiger partial charge in [0.15, 0.2) is 0 Å².